The van der Waals surface area contributed by atoms with Gasteiger partial charge in [0.15, 0.2) is 0 Å². The van der Waals surface area contributed by atoms with Crippen LogP contribution in [-0.2, 0) is 11.3 Å². The Bertz CT molecular complexity index is 415. The molecule has 1 aliphatic heterocycles. The Kier molecular flexibility index (Phi) is 3.75. The molecule has 3 rings (SSSR count). The van der Waals surface area contributed by atoms with Gasteiger partial charge < -0.3 is 15.0 Å². The van der Waals surface area contributed by atoms with E-state index in [4.69, 9.17) is 4.74 Å². The van der Waals surface area contributed by atoms with Gasteiger partial charge in [-0.05, 0) is 25.7 Å². The van der Waals surface area contributed by atoms with Crippen LogP contribution >= 0.6 is 0 Å². The van der Waals surface area contributed by atoms with E-state index >= 15 is 0 Å². The number of nitrogens with zero attached hydrogens (tertiary/aromatic N) is 3. The number of ether oxygens (including phenoxy) is 1. The quantitative estimate of drug-likeness (QED) is 0.865. The predicted molar refractivity (Wildman–Crippen MR) is 75.4 cm³/mol. The topological polar surface area (TPSA) is 42.3 Å². The summed E-state index contributed by atoms with van der Waals surface area (Å²) in [5.74, 6) is 0.901. The van der Waals surface area contributed by atoms with E-state index in [9.17, 15) is 0 Å². The van der Waals surface area contributed by atoms with Gasteiger partial charge in [-0.1, -0.05) is 0 Å². The van der Waals surface area contributed by atoms with Gasteiger partial charge in [0.25, 0.3) is 0 Å². The summed E-state index contributed by atoms with van der Waals surface area (Å²) < 4.78 is 7.07. The van der Waals surface area contributed by atoms with Crippen LogP contribution in [0.3, 0.4) is 0 Å². The Morgan fingerprint density at radius 1 is 1.47 bits per heavy atom. The van der Waals surface area contributed by atoms with Gasteiger partial charge in [-0.25, -0.2) is 0 Å². The number of methoxy groups -OCH3 is 1. The van der Waals surface area contributed by atoms with Crippen molar-refractivity contribution in [3.05, 3.63) is 12.4 Å². The average Bonchev–Trinajstić information content (AvgIpc) is 3.16. The number of hydrogen-bond acceptors (Lipinski definition) is 4. The standard InChI is InChI=1S/C14H24N4O/c1-11-7-15-14(12-3-4-12)10-18(11)13-8-16-17(9-13)5-6-19-2/h8-9,11-12,14-15H,3-7,10H2,1-2H3. The van der Waals surface area contributed by atoms with E-state index < -0.39 is 0 Å². The first-order chi connectivity index (χ1) is 9.28. The Morgan fingerprint density at radius 2 is 2.32 bits per heavy atom. The third-order valence-electron chi connectivity index (χ3n) is 4.27. The lowest BCUT2D eigenvalue weighted by atomic mass is 10.1. The molecular formula is C14H24N4O. The molecule has 0 aromatic carbocycles. The van der Waals surface area contributed by atoms with Crippen LogP contribution in [0, 0.1) is 5.92 Å². The van der Waals surface area contributed by atoms with Crippen molar-refractivity contribution in [1.29, 1.82) is 0 Å². The zero-order valence-corrected chi connectivity index (χ0v) is 11.9. The second-order valence-electron chi connectivity index (χ2n) is 5.81. The highest BCUT2D eigenvalue weighted by molar-refractivity contribution is 5.44. The first-order valence-corrected chi connectivity index (χ1v) is 7.29. The molecule has 1 aromatic heterocycles. The third-order valence-corrected chi connectivity index (χ3v) is 4.27. The maximum Gasteiger partial charge on any atom is 0.0755 e. The highest BCUT2D eigenvalue weighted by atomic mass is 16.5. The zero-order chi connectivity index (χ0) is 13.2. The number of anilines is 1. The smallest absolute Gasteiger partial charge is 0.0755 e. The summed E-state index contributed by atoms with van der Waals surface area (Å²) in [6.07, 6.45) is 6.92. The van der Waals surface area contributed by atoms with Gasteiger partial charge in [0.2, 0.25) is 0 Å². The normalized spacial score (nSPS) is 27.8. The van der Waals surface area contributed by atoms with Gasteiger partial charge in [-0.2, -0.15) is 5.10 Å². The van der Waals surface area contributed by atoms with Crippen LogP contribution in [0.1, 0.15) is 19.8 Å². The van der Waals surface area contributed by atoms with Gasteiger partial charge in [0.1, 0.15) is 0 Å². The van der Waals surface area contributed by atoms with E-state index in [0.717, 1.165) is 25.6 Å². The fraction of sp³-hybridized carbons (Fsp3) is 0.786. The third kappa shape index (κ3) is 2.92. The second kappa shape index (κ2) is 5.51. The van der Waals surface area contributed by atoms with Gasteiger partial charge in [-0.15, -0.1) is 0 Å². The summed E-state index contributed by atoms with van der Waals surface area (Å²) in [5.41, 5.74) is 1.25. The molecule has 1 aromatic rings. The summed E-state index contributed by atoms with van der Waals surface area (Å²) in [5, 5.41) is 8.11. The van der Waals surface area contributed by atoms with E-state index in [0.29, 0.717) is 18.7 Å². The Hall–Kier alpha value is -1.07. The average molecular weight is 264 g/mol. The van der Waals surface area contributed by atoms with E-state index in [-0.39, 0.29) is 0 Å². The van der Waals surface area contributed by atoms with E-state index in [1.165, 1.54) is 18.5 Å². The summed E-state index contributed by atoms with van der Waals surface area (Å²) in [6.45, 7) is 6.00. The van der Waals surface area contributed by atoms with Crippen molar-refractivity contribution in [2.75, 3.05) is 31.7 Å². The minimum absolute atomic E-state index is 0.537. The van der Waals surface area contributed by atoms with Crippen molar-refractivity contribution in [3.63, 3.8) is 0 Å². The Balaban J connectivity index is 1.66. The molecule has 0 spiro atoms. The zero-order valence-electron chi connectivity index (χ0n) is 11.9. The maximum atomic E-state index is 5.09. The Morgan fingerprint density at radius 3 is 3.05 bits per heavy atom. The molecule has 19 heavy (non-hydrogen) atoms. The Labute approximate surface area is 114 Å². The molecule has 2 unspecified atom stereocenters. The fourth-order valence-corrected chi connectivity index (χ4v) is 2.87. The minimum atomic E-state index is 0.537. The molecule has 0 bridgehead atoms. The maximum absolute atomic E-state index is 5.09. The first-order valence-electron chi connectivity index (χ1n) is 7.29. The van der Waals surface area contributed by atoms with Crippen LogP contribution < -0.4 is 10.2 Å². The van der Waals surface area contributed by atoms with E-state index in [1.807, 2.05) is 10.9 Å². The highest BCUT2D eigenvalue weighted by Crippen LogP contribution is 2.35. The predicted octanol–water partition coefficient (Wildman–Crippen LogP) is 1.11. The van der Waals surface area contributed by atoms with Gasteiger partial charge in [0.05, 0.1) is 25.0 Å². The van der Waals surface area contributed by atoms with Crippen LogP contribution in [0.2, 0.25) is 0 Å². The van der Waals surface area contributed by atoms with Crippen molar-refractivity contribution >= 4 is 5.69 Å². The molecule has 1 saturated carbocycles. The monoisotopic (exact) mass is 264 g/mol. The van der Waals surface area contributed by atoms with Crippen molar-refractivity contribution in [1.82, 2.24) is 15.1 Å². The number of aromatic nitrogens is 2. The molecule has 2 fully saturated rings. The molecule has 0 radical (unpaired) electrons. The molecule has 5 nitrogen and oxygen atoms in total. The van der Waals surface area contributed by atoms with Crippen LogP contribution in [0.15, 0.2) is 12.4 Å². The number of hydrogen-bond donors (Lipinski definition) is 1. The highest BCUT2D eigenvalue weighted by Gasteiger charge is 2.36. The largest absolute Gasteiger partial charge is 0.383 e. The SMILES string of the molecule is COCCn1cc(N2CC(C3CC3)NCC2C)cn1. The number of rotatable bonds is 5. The lowest BCUT2D eigenvalue weighted by Crippen LogP contribution is -2.56. The molecule has 2 heterocycles. The van der Waals surface area contributed by atoms with Crippen molar-refractivity contribution in [2.24, 2.45) is 5.92 Å². The first kappa shape index (κ1) is 12.9. The molecule has 5 heteroatoms. The molecular weight excluding hydrogens is 240 g/mol. The van der Waals surface area contributed by atoms with Gasteiger partial charge >= 0.3 is 0 Å². The molecule has 1 aliphatic carbocycles. The number of nitrogens with one attached hydrogen (secondary N) is 1. The molecule has 2 aliphatic rings. The van der Waals surface area contributed by atoms with Crippen molar-refractivity contribution in [3.8, 4) is 0 Å². The summed E-state index contributed by atoms with van der Waals surface area (Å²) in [4.78, 5) is 2.50. The molecule has 106 valence electrons. The van der Waals surface area contributed by atoms with Gasteiger partial charge in [-0.3, -0.25) is 4.68 Å². The second-order valence-corrected chi connectivity index (χ2v) is 5.81. The molecule has 2 atom stereocenters. The minimum Gasteiger partial charge on any atom is -0.383 e. The summed E-state index contributed by atoms with van der Waals surface area (Å²) in [7, 11) is 1.73. The van der Waals surface area contributed by atoms with Crippen LogP contribution in [0.4, 0.5) is 5.69 Å². The van der Waals surface area contributed by atoms with Crippen LogP contribution in [0.5, 0.6) is 0 Å². The van der Waals surface area contributed by atoms with E-state index in [1.54, 1.807) is 7.11 Å². The van der Waals surface area contributed by atoms with E-state index in [2.05, 4.69) is 28.4 Å². The van der Waals surface area contributed by atoms with Crippen molar-refractivity contribution < 1.29 is 4.74 Å². The summed E-state index contributed by atoms with van der Waals surface area (Å²) in [6, 6.07) is 1.20. The molecule has 1 N–H and O–H groups in total. The number of piperazine rings is 1. The van der Waals surface area contributed by atoms with Crippen LogP contribution in [-0.4, -0.2) is 48.7 Å². The summed E-state index contributed by atoms with van der Waals surface area (Å²) >= 11 is 0. The lowest BCUT2D eigenvalue weighted by Gasteiger charge is -2.39. The van der Waals surface area contributed by atoms with Crippen LogP contribution in [0.25, 0.3) is 0 Å². The fourth-order valence-electron chi connectivity index (χ4n) is 2.87. The lowest BCUT2D eigenvalue weighted by molar-refractivity contribution is 0.183. The molecule has 0 amide bonds. The molecule has 1 saturated heterocycles. The van der Waals surface area contributed by atoms with Crippen molar-refractivity contribution in [2.45, 2.75) is 38.4 Å². The van der Waals surface area contributed by atoms with Gasteiger partial charge in [0, 0.05) is 38.5 Å².